The molecule has 96 valence electrons. The van der Waals surface area contributed by atoms with E-state index in [0.29, 0.717) is 12.0 Å². The summed E-state index contributed by atoms with van der Waals surface area (Å²) >= 11 is 0. The largest absolute Gasteiger partial charge is 0.310 e. The summed E-state index contributed by atoms with van der Waals surface area (Å²) in [6.07, 6.45) is 5.58. The lowest BCUT2D eigenvalue weighted by atomic mass is 10.2. The molecule has 2 rings (SSSR count). The molecule has 2 aromatic heterocycles. The van der Waals surface area contributed by atoms with Crippen LogP contribution < -0.4 is 5.32 Å². The molecule has 2 heterocycles. The smallest absolute Gasteiger partial charge is 0.250 e. The first-order chi connectivity index (χ1) is 8.56. The Hall–Kier alpha value is -1.75. The Bertz CT molecular complexity index is 530. The van der Waals surface area contributed by atoms with Crippen molar-refractivity contribution in [2.45, 2.75) is 40.3 Å². The van der Waals surface area contributed by atoms with Crippen LogP contribution in [0.3, 0.4) is 0 Å². The second-order valence-electron chi connectivity index (χ2n) is 4.78. The molecule has 2 aromatic rings. The van der Waals surface area contributed by atoms with Gasteiger partial charge in [-0.15, -0.1) is 0 Å². The predicted molar refractivity (Wildman–Crippen MR) is 70.6 cm³/mol. The first kappa shape index (κ1) is 12.7. The van der Waals surface area contributed by atoms with Gasteiger partial charge in [0, 0.05) is 36.2 Å². The summed E-state index contributed by atoms with van der Waals surface area (Å²) in [7, 11) is 0. The van der Waals surface area contributed by atoms with Gasteiger partial charge in [-0.3, -0.25) is 0 Å². The molecule has 18 heavy (non-hydrogen) atoms. The Morgan fingerprint density at radius 1 is 1.28 bits per heavy atom. The average molecular weight is 245 g/mol. The number of aryl methyl sites for hydroxylation is 2. The highest BCUT2D eigenvalue weighted by Gasteiger charge is 2.06. The van der Waals surface area contributed by atoms with Crippen molar-refractivity contribution in [3.8, 4) is 5.95 Å². The zero-order valence-corrected chi connectivity index (χ0v) is 11.3. The van der Waals surface area contributed by atoms with E-state index < -0.39 is 0 Å². The van der Waals surface area contributed by atoms with Gasteiger partial charge in [0.05, 0.1) is 6.20 Å². The van der Waals surface area contributed by atoms with Gasteiger partial charge < -0.3 is 5.32 Å². The van der Waals surface area contributed by atoms with Crippen molar-refractivity contribution in [2.24, 2.45) is 0 Å². The van der Waals surface area contributed by atoms with Crippen LogP contribution in [-0.2, 0) is 6.54 Å². The zero-order chi connectivity index (χ0) is 13.1. The average Bonchev–Trinajstić information content (AvgIpc) is 2.74. The van der Waals surface area contributed by atoms with E-state index in [1.807, 2.05) is 26.2 Å². The monoisotopic (exact) mass is 245 g/mol. The Labute approximate surface area is 107 Å². The third-order valence-electron chi connectivity index (χ3n) is 2.69. The molecule has 0 saturated heterocycles. The highest BCUT2D eigenvalue weighted by Crippen LogP contribution is 2.07. The Morgan fingerprint density at radius 3 is 2.61 bits per heavy atom. The molecular formula is C13H19N5. The molecular weight excluding hydrogens is 226 g/mol. The Balaban J connectivity index is 2.19. The highest BCUT2D eigenvalue weighted by atomic mass is 15.3. The van der Waals surface area contributed by atoms with Crippen LogP contribution in [0.1, 0.15) is 30.7 Å². The van der Waals surface area contributed by atoms with Gasteiger partial charge in [-0.2, -0.15) is 5.10 Å². The molecule has 0 bridgehead atoms. The minimum absolute atomic E-state index is 0.456. The lowest BCUT2D eigenvalue weighted by Crippen LogP contribution is -2.22. The molecule has 5 heteroatoms. The van der Waals surface area contributed by atoms with E-state index in [2.05, 4.69) is 34.2 Å². The van der Waals surface area contributed by atoms with Crippen LogP contribution in [0, 0.1) is 13.8 Å². The SMILES string of the molecule is Cc1cnn(-c2ncc(CNC(C)C)c(C)n2)c1. The maximum Gasteiger partial charge on any atom is 0.250 e. The maximum atomic E-state index is 4.48. The fourth-order valence-corrected chi connectivity index (χ4v) is 1.60. The third kappa shape index (κ3) is 2.92. The molecule has 0 aliphatic rings. The molecule has 0 saturated carbocycles. The van der Waals surface area contributed by atoms with Gasteiger partial charge in [-0.05, 0) is 19.4 Å². The van der Waals surface area contributed by atoms with Crippen molar-refractivity contribution < 1.29 is 0 Å². The van der Waals surface area contributed by atoms with Crippen molar-refractivity contribution in [2.75, 3.05) is 0 Å². The lowest BCUT2D eigenvalue weighted by Gasteiger charge is -2.10. The van der Waals surface area contributed by atoms with E-state index in [1.165, 1.54) is 0 Å². The topological polar surface area (TPSA) is 55.6 Å². The summed E-state index contributed by atoms with van der Waals surface area (Å²) in [5.74, 6) is 0.619. The van der Waals surface area contributed by atoms with Crippen molar-refractivity contribution in [3.63, 3.8) is 0 Å². The van der Waals surface area contributed by atoms with E-state index in [-0.39, 0.29) is 0 Å². The molecule has 0 amide bonds. The second kappa shape index (κ2) is 5.27. The first-order valence-electron chi connectivity index (χ1n) is 6.14. The standard InChI is InChI=1S/C13H19N5/c1-9(2)14-6-12-7-15-13(17-11(12)4)18-8-10(3)5-16-18/h5,7-9,14H,6H2,1-4H3. The van der Waals surface area contributed by atoms with Crippen molar-refractivity contribution in [3.05, 3.63) is 35.4 Å². The quantitative estimate of drug-likeness (QED) is 0.892. The Kier molecular flexibility index (Phi) is 3.72. The van der Waals surface area contributed by atoms with E-state index in [1.54, 1.807) is 10.9 Å². The Morgan fingerprint density at radius 2 is 2.06 bits per heavy atom. The van der Waals surface area contributed by atoms with Crippen LogP contribution in [0.5, 0.6) is 0 Å². The van der Waals surface area contributed by atoms with Crippen molar-refractivity contribution in [1.82, 2.24) is 25.1 Å². The van der Waals surface area contributed by atoms with E-state index in [0.717, 1.165) is 23.4 Å². The summed E-state index contributed by atoms with van der Waals surface area (Å²) in [6, 6.07) is 0.456. The van der Waals surface area contributed by atoms with Crippen LogP contribution in [0.15, 0.2) is 18.6 Å². The maximum absolute atomic E-state index is 4.48. The number of nitrogens with zero attached hydrogens (tertiary/aromatic N) is 4. The molecule has 0 fully saturated rings. The van der Waals surface area contributed by atoms with Gasteiger partial charge in [0.25, 0.3) is 5.95 Å². The van der Waals surface area contributed by atoms with Crippen LogP contribution in [-0.4, -0.2) is 25.8 Å². The molecule has 1 N–H and O–H groups in total. The fourth-order valence-electron chi connectivity index (χ4n) is 1.60. The third-order valence-corrected chi connectivity index (χ3v) is 2.69. The number of nitrogens with one attached hydrogen (secondary N) is 1. The summed E-state index contributed by atoms with van der Waals surface area (Å²) < 4.78 is 1.70. The van der Waals surface area contributed by atoms with Crippen LogP contribution >= 0.6 is 0 Å². The molecule has 0 unspecified atom stereocenters. The number of aromatic nitrogens is 4. The van der Waals surface area contributed by atoms with E-state index in [4.69, 9.17) is 0 Å². The lowest BCUT2D eigenvalue weighted by molar-refractivity contribution is 0.584. The van der Waals surface area contributed by atoms with Crippen molar-refractivity contribution >= 4 is 0 Å². The summed E-state index contributed by atoms with van der Waals surface area (Å²) in [5.41, 5.74) is 3.21. The zero-order valence-electron chi connectivity index (χ0n) is 11.3. The highest BCUT2D eigenvalue weighted by molar-refractivity contribution is 5.22. The van der Waals surface area contributed by atoms with Gasteiger partial charge in [0.2, 0.25) is 0 Å². The molecule has 5 nitrogen and oxygen atoms in total. The molecule has 0 aliphatic heterocycles. The van der Waals surface area contributed by atoms with E-state index in [9.17, 15) is 0 Å². The summed E-state index contributed by atoms with van der Waals surface area (Å²) in [5, 5.41) is 7.57. The van der Waals surface area contributed by atoms with Gasteiger partial charge in [0.15, 0.2) is 0 Å². The van der Waals surface area contributed by atoms with Crippen LogP contribution in [0.4, 0.5) is 0 Å². The molecule has 0 aromatic carbocycles. The molecule has 0 aliphatic carbocycles. The number of hydrogen-bond acceptors (Lipinski definition) is 4. The van der Waals surface area contributed by atoms with E-state index >= 15 is 0 Å². The number of hydrogen-bond donors (Lipinski definition) is 1. The minimum Gasteiger partial charge on any atom is -0.310 e. The molecule has 0 radical (unpaired) electrons. The first-order valence-corrected chi connectivity index (χ1v) is 6.14. The van der Waals surface area contributed by atoms with Gasteiger partial charge in [-0.25, -0.2) is 14.6 Å². The minimum atomic E-state index is 0.456. The summed E-state index contributed by atoms with van der Waals surface area (Å²) in [4.78, 5) is 8.83. The molecule has 0 atom stereocenters. The number of rotatable bonds is 4. The second-order valence-corrected chi connectivity index (χ2v) is 4.78. The van der Waals surface area contributed by atoms with Crippen LogP contribution in [0.2, 0.25) is 0 Å². The van der Waals surface area contributed by atoms with Gasteiger partial charge in [-0.1, -0.05) is 13.8 Å². The fraction of sp³-hybridized carbons (Fsp3) is 0.462. The van der Waals surface area contributed by atoms with Crippen molar-refractivity contribution in [1.29, 1.82) is 0 Å². The normalized spacial score (nSPS) is 11.2. The molecule has 0 spiro atoms. The summed E-state index contributed by atoms with van der Waals surface area (Å²) in [6.45, 7) is 9.03. The van der Waals surface area contributed by atoms with Crippen LogP contribution in [0.25, 0.3) is 5.95 Å². The van der Waals surface area contributed by atoms with Gasteiger partial charge >= 0.3 is 0 Å². The predicted octanol–water partition coefficient (Wildman–Crippen LogP) is 1.78. The van der Waals surface area contributed by atoms with Gasteiger partial charge in [0.1, 0.15) is 0 Å².